The lowest BCUT2D eigenvalue weighted by molar-refractivity contribution is -0.225. The summed E-state index contributed by atoms with van der Waals surface area (Å²) in [5.74, 6) is -2.03. The average Bonchev–Trinajstić information content (AvgIpc) is 2.86. The zero-order valence-corrected chi connectivity index (χ0v) is 10.5. The molecule has 7 nitrogen and oxygen atoms in total. The second-order valence-electron chi connectivity index (χ2n) is 4.25. The van der Waals surface area contributed by atoms with Crippen LogP contribution in [0.2, 0.25) is 0 Å². The fourth-order valence-electron chi connectivity index (χ4n) is 2.42. The highest BCUT2D eigenvalue weighted by atomic mass is 16.7. The maximum Gasteiger partial charge on any atom is 0.409 e. The van der Waals surface area contributed by atoms with Crippen molar-refractivity contribution >= 4 is 12.1 Å². The molecule has 1 atom stereocenters. The molecule has 0 radical (unpaired) electrons. The lowest BCUT2D eigenvalue weighted by Gasteiger charge is -2.41. The topological polar surface area (TPSA) is 74.3 Å². The number of hydrogen-bond acceptors (Lipinski definition) is 6. The first kappa shape index (κ1) is 13.1. The molecule has 1 unspecified atom stereocenters. The van der Waals surface area contributed by atoms with E-state index in [-0.39, 0.29) is 6.54 Å². The van der Waals surface area contributed by atoms with Crippen molar-refractivity contribution in [2.75, 3.05) is 40.5 Å². The fraction of sp³-hybridized carbons (Fsp3) is 0.818. The largest absolute Gasteiger partial charge is 0.469 e. The van der Waals surface area contributed by atoms with Crippen LogP contribution in [0.4, 0.5) is 4.79 Å². The Morgan fingerprint density at radius 2 is 1.89 bits per heavy atom. The maximum atomic E-state index is 11.8. The molecule has 2 heterocycles. The van der Waals surface area contributed by atoms with Crippen LogP contribution in [0.1, 0.15) is 6.42 Å². The number of amides is 1. The van der Waals surface area contributed by atoms with Crippen molar-refractivity contribution in [1.82, 2.24) is 4.90 Å². The molecule has 0 bridgehead atoms. The van der Waals surface area contributed by atoms with E-state index in [0.717, 1.165) is 0 Å². The van der Waals surface area contributed by atoms with Crippen LogP contribution in [0.25, 0.3) is 0 Å². The van der Waals surface area contributed by atoms with Crippen molar-refractivity contribution in [3.63, 3.8) is 0 Å². The summed E-state index contributed by atoms with van der Waals surface area (Å²) in [4.78, 5) is 24.8. The van der Waals surface area contributed by atoms with E-state index >= 15 is 0 Å². The minimum Gasteiger partial charge on any atom is -0.469 e. The van der Waals surface area contributed by atoms with Gasteiger partial charge in [-0.15, -0.1) is 0 Å². The molecule has 2 aliphatic rings. The van der Waals surface area contributed by atoms with Crippen molar-refractivity contribution in [2.45, 2.75) is 12.2 Å². The Kier molecular flexibility index (Phi) is 3.72. The van der Waals surface area contributed by atoms with Gasteiger partial charge in [0.25, 0.3) is 0 Å². The third-order valence-corrected chi connectivity index (χ3v) is 3.36. The summed E-state index contributed by atoms with van der Waals surface area (Å²) in [7, 11) is 2.62. The fourth-order valence-corrected chi connectivity index (χ4v) is 2.42. The van der Waals surface area contributed by atoms with Gasteiger partial charge in [0.2, 0.25) is 0 Å². The lowest BCUT2D eigenvalue weighted by Crippen LogP contribution is -2.57. The minimum atomic E-state index is -0.947. The van der Waals surface area contributed by atoms with Gasteiger partial charge in [-0.3, -0.25) is 4.79 Å². The molecular weight excluding hydrogens is 242 g/mol. The van der Waals surface area contributed by atoms with Gasteiger partial charge in [0.1, 0.15) is 5.92 Å². The van der Waals surface area contributed by atoms with Crippen molar-refractivity contribution in [1.29, 1.82) is 0 Å². The van der Waals surface area contributed by atoms with E-state index < -0.39 is 23.8 Å². The highest BCUT2D eigenvalue weighted by Crippen LogP contribution is 2.36. The third kappa shape index (κ3) is 2.15. The van der Waals surface area contributed by atoms with Crippen molar-refractivity contribution in [3.05, 3.63) is 0 Å². The van der Waals surface area contributed by atoms with Gasteiger partial charge in [0.05, 0.1) is 27.4 Å². The monoisotopic (exact) mass is 259 g/mol. The van der Waals surface area contributed by atoms with Gasteiger partial charge in [0.15, 0.2) is 5.79 Å². The van der Waals surface area contributed by atoms with Crippen LogP contribution < -0.4 is 0 Å². The van der Waals surface area contributed by atoms with E-state index in [4.69, 9.17) is 14.2 Å². The average molecular weight is 259 g/mol. The van der Waals surface area contributed by atoms with Crippen LogP contribution in [0, 0.1) is 5.92 Å². The molecule has 18 heavy (non-hydrogen) atoms. The predicted molar refractivity (Wildman–Crippen MR) is 58.7 cm³/mol. The molecular formula is C11H17NO6. The maximum absolute atomic E-state index is 11.8. The molecule has 2 rings (SSSR count). The summed E-state index contributed by atoms with van der Waals surface area (Å²) in [6.45, 7) is 1.51. The first-order valence-electron chi connectivity index (χ1n) is 5.81. The van der Waals surface area contributed by atoms with Gasteiger partial charge in [-0.25, -0.2) is 4.79 Å². The van der Waals surface area contributed by atoms with Crippen LogP contribution in [0.3, 0.4) is 0 Å². The molecule has 1 amide bonds. The molecule has 0 saturated carbocycles. The quantitative estimate of drug-likeness (QED) is 0.617. The summed E-state index contributed by atoms with van der Waals surface area (Å²) in [5.41, 5.74) is 0. The van der Waals surface area contributed by atoms with E-state index in [1.165, 1.54) is 19.1 Å². The number of carbonyl (C=O) groups excluding carboxylic acids is 2. The summed E-state index contributed by atoms with van der Waals surface area (Å²) in [5, 5.41) is 0. The molecule has 2 fully saturated rings. The van der Waals surface area contributed by atoms with E-state index in [9.17, 15) is 9.59 Å². The molecule has 2 saturated heterocycles. The number of piperidine rings is 1. The number of esters is 1. The van der Waals surface area contributed by atoms with Gasteiger partial charge in [-0.1, -0.05) is 0 Å². The second-order valence-corrected chi connectivity index (χ2v) is 4.25. The summed E-state index contributed by atoms with van der Waals surface area (Å²) in [6, 6.07) is 0. The molecule has 7 heteroatoms. The number of hydrogen-bond donors (Lipinski definition) is 0. The standard InChI is InChI=1S/C11H17NO6/c1-15-9(13)8-7-12(10(14)16-2)4-3-11(8)17-5-6-18-11/h8H,3-7H2,1-2H3. The second kappa shape index (κ2) is 5.11. The van der Waals surface area contributed by atoms with E-state index in [1.54, 1.807) is 0 Å². The first-order valence-corrected chi connectivity index (χ1v) is 5.81. The highest BCUT2D eigenvalue weighted by molar-refractivity contribution is 5.76. The van der Waals surface area contributed by atoms with Gasteiger partial charge in [-0.2, -0.15) is 0 Å². The Labute approximate surface area is 105 Å². The molecule has 1 spiro atoms. The molecule has 0 aliphatic carbocycles. The Morgan fingerprint density at radius 1 is 1.22 bits per heavy atom. The lowest BCUT2D eigenvalue weighted by atomic mass is 9.91. The molecule has 0 aromatic rings. The number of nitrogens with zero attached hydrogens (tertiary/aromatic N) is 1. The Morgan fingerprint density at radius 3 is 2.44 bits per heavy atom. The number of methoxy groups -OCH3 is 2. The van der Waals surface area contributed by atoms with E-state index in [1.807, 2.05) is 0 Å². The van der Waals surface area contributed by atoms with Crippen molar-refractivity contribution in [3.8, 4) is 0 Å². The molecule has 0 N–H and O–H groups in total. The van der Waals surface area contributed by atoms with E-state index in [2.05, 4.69) is 4.74 Å². The Hall–Kier alpha value is -1.34. The summed E-state index contributed by atoms with van der Waals surface area (Å²) < 4.78 is 20.6. The van der Waals surface area contributed by atoms with Crippen LogP contribution in [0.5, 0.6) is 0 Å². The SMILES string of the molecule is COC(=O)C1CN(C(=O)OC)CCC12OCCO2. The smallest absolute Gasteiger partial charge is 0.409 e. The zero-order chi connectivity index (χ0) is 13.2. The zero-order valence-electron chi connectivity index (χ0n) is 10.5. The van der Waals surface area contributed by atoms with E-state index in [0.29, 0.717) is 26.2 Å². The van der Waals surface area contributed by atoms with Crippen LogP contribution >= 0.6 is 0 Å². The summed E-state index contributed by atoms with van der Waals surface area (Å²) >= 11 is 0. The normalized spacial score (nSPS) is 26.1. The van der Waals surface area contributed by atoms with Crippen LogP contribution in [0.15, 0.2) is 0 Å². The third-order valence-electron chi connectivity index (χ3n) is 3.36. The molecule has 2 aliphatic heterocycles. The molecule has 102 valence electrons. The number of likely N-dealkylation sites (tertiary alicyclic amines) is 1. The van der Waals surface area contributed by atoms with Crippen molar-refractivity contribution < 1.29 is 28.5 Å². The van der Waals surface area contributed by atoms with Crippen LogP contribution in [-0.4, -0.2) is 63.3 Å². The first-order chi connectivity index (χ1) is 8.63. The minimum absolute atomic E-state index is 0.180. The Bertz CT molecular complexity index is 338. The number of carbonyl (C=O) groups is 2. The number of rotatable bonds is 1. The predicted octanol–water partition coefficient (Wildman–Crippen LogP) is -0.00920. The number of ether oxygens (including phenoxy) is 4. The Balaban J connectivity index is 2.15. The van der Waals surface area contributed by atoms with Crippen LogP contribution in [-0.2, 0) is 23.7 Å². The molecule has 0 aromatic heterocycles. The van der Waals surface area contributed by atoms with Gasteiger partial charge < -0.3 is 23.8 Å². The van der Waals surface area contributed by atoms with Crippen molar-refractivity contribution in [2.24, 2.45) is 5.92 Å². The van der Waals surface area contributed by atoms with Gasteiger partial charge >= 0.3 is 12.1 Å². The van der Waals surface area contributed by atoms with Gasteiger partial charge in [0, 0.05) is 19.5 Å². The highest BCUT2D eigenvalue weighted by Gasteiger charge is 2.53. The molecule has 0 aromatic carbocycles. The summed E-state index contributed by atoms with van der Waals surface area (Å²) in [6.07, 6.45) is -0.0289. The van der Waals surface area contributed by atoms with Gasteiger partial charge in [-0.05, 0) is 0 Å².